The van der Waals surface area contributed by atoms with Gasteiger partial charge in [0.15, 0.2) is 0 Å². The molecule has 51 heavy (non-hydrogen) atoms. The summed E-state index contributed by atoms with van der Waals surface area (Å²) in [6.45, 7) is 0. The molecule has 0 spiro atoms. The van der Waals surface area contributed by atoms with Gasteiger partial charge in [-0.05, 0) is 52.1 Å². The van der Waals surface area contributed by atoms with Crippen molar-refractivity contribution in [1.82, 2.24) is 15.0 Å². The lowest BCUT2D eigenvalue weighted by Crippen LogP contribution is -2.40. The molecule has 0 fully saturated rings. The molecular weight excluding hydrogens is 698 g/mol. The Labute approximate surface area is 293 Å². The quantitative estimate of drug-likeness (QED) is 0.115. The zero-order valence-electron chi connectivity index (χ0n) is 27.9. The van der Waals surface area contributed by atoms with Crippen LogP contribution in [0.4, 0.5) is 8.78 Å². The molecular formula is C37H35F2N3O7P2. The van der Waals surface area contributed by atoms with Crippen LogP contribution < -0.4 is 10.0 Å². The van der Waals surface area contributed by atoms with Crippen LogP contribution in [0.2, 0.25) is 0 Å². The van der Waals surface area contributed by atoms with E-state index in [1.165, 1.54) is 33.5 Å². The maximum atomic E-state index is 14.6. The van der Waals surface area contributed by atoms with Crippen molar-refractivity contribution < 1.29 is 41.5 Å². The van der Waals surface area contributed by atoms with E-state index in [1.54, 1.807) is 12.1 Å². The van der Waals surface area contributed by atoms with E-state index in [-0.39, 0.29) is 6.42 Å². The molecule has 0 bridgehead atoms. The number of fused-ring (bicyclic) bond motifs is 1. The van der Waals surface area contributed by atoms with Gasteiger partial charge < -0.3 is 23.6 Å². The molecule has 0 aliphatic rings. The molecule has 0 radical (unpaired) electrons. The van der Waals surface area contributed by atoms with Gasteiger partial charge in [-0.25, -0.2) is 4.68 Å². The van der Waals surface area contributed by atoms with Crippen molar-refractivity contribution in [2.45, 2.75) is 24.0 Å². The van der Waals surface area contributed by atoms with Crippen LogP contribution >= 0.6 is 15.2 Å². The van der Waals surface area contributed by atoms with Crippen molar-refractivity contribution in [2.75, 3.05) is 21.3 Å². The van der Waals surface area contributed by atoms with E-state index in [1.807, 2.05) is 89.6 Å². The first kappa shape index (κ1) is 36.3. The van der Waals surface area contributed by atoms with Crippen molar-refractivity contribution in [2.24, 2.45) is 0 Å². The maximum Gasteiger partial charge on any atom is 0.399 e. The summed E-state index contributed by atoms with van der Waals surface area (Å²) in [6, 6.07) is 35.3. The fourth-order valence-electron chi connectivity index (χ4n) is 6.31. The van der Waals surface area contributed by atoms with E-state index in [0.717, 1.165) is 39.9 Å². The Kier molecular flexibility index (Phi) is 10.1. The molecule has 264 valence electrons. The number of nitrogens with zero attached hydrogens (tertiary/aromatic N) is 3. The Morgan fingerprint density at radius 1 is 0.706 bits per heavy atom. The lowest BCUT2D eigenvalue weighted by molar-refractivity contribution is 0.0564. The van der Waals surface area contributed by atoms with Gasteiger partial charge in [0.25, 0.3) is 0 Å². The summed E-state index contributed by atoms with van der Waals surface area (Å²) in [6.07, 6.45) is 0.653. The Morgan fingerprint density at radius 2 is 1.27 bits per heavy atom. The van der Waals surface area contributed by atoms with E-state index < -0.39 is 32.0 Å². The number of hydrogen-bond donors (Lipinski definition) is 2. The summed E-state index contributed by atoms with van der Waals surface area (Å²) >= 11 is 0. The molecule has 6 rings (SSSR count). The molecule has 0 saturated carbocycles. The smallest absolute Gasteiger partial charge is 0.399 e. The minimum atomic E-state index is -5.74. The van der Waals surface area contributed by atoms with Gasteiger partial charge in [-0.2, -0.15) is 8.78 Å². The molecule has 0 aliphatic heterocycles. The Balaban J connectivity index is 1.46. The Bertz CT molecular complexity index is 2240. The number of ether oxygens (including phenoxy) is 1. The van der Waals surface area contributed by atoms with E-state index in [2.05, 4.69) is 10.3 Å². The second-order valence-corrected chi connectivity index (χ2v) is 15.8. The topological polar surface area (TPSA) is 133 Å². The van der Waals surface area contributed by atoms with Crippen LogP contribution in [0, 0.1) is 0 Å². The first-order chi connectivity index (χ1) is 24.3. The summed E-state index contributed by atoms with van der Waals surface area (Å²) in [5.74, 6) is 0.369. The third-order valence-corrected chi connectivity index (χ3v) is 11.9. The standard InChI is InChI=1S/C37H35F2N3O7P2/c1-47-34-22-19-29(23-35(34)50(43,48-2)49-3)28-17-13-26(14-18-28)24-36(30-9-5-4-6-10-30,42-33-12-8-7-11-32(33)40-41-42)25-27-15-20-31(21-16-27)37(38,39)51(44,45)46/h4-23H,24-25H2,1-3H3,(H2,44,45,46). The number of benzene rings is 5. The van der Waals surface area contributed by atoms with Crippen molar-refractivity contribution in [1.29, 1.82) is 0 Å². The third kappa shape index (κ3) is 6.91. The van der Waals surface area contributed by atoms with Gasteiger partial charge in [0.2, 0.25) is 0 Å². The van der Waals surface area contributed by atoms with Crippen LogP contribution in [0.5, 0.6) is 5.75 Å². The number of para-hydroxylation sites is 1. The molecule has 1 aromatic heterocycles. The van der Waals surface area contributed by atoms with Crippen LogP contribution in [0.15, 0.2) is 121 Å². The molecule has 14 heteroatoms. The van der Waals surface area contributed by atoms with Crippen molar-refractivity contribution in [3.05, 3.63) is 144 Å². The highest BCUT2D eigenvalue weighted by Gasteiger charge is 2.50. The summed E-state index contributed by atoms with van der Waals surface area (Å²) in [4.78, 5) is 18.6. The summed E-state index contributed by atoms with van der Waals surface area (Å²) in [5, 5.41) is 9.38. The van der Waals surface area contributed by atoms with Crippen LogP contribution in [0.3, 0.4) is 0 Å². The van der Waals surface area contributed by atoms with E-state index in [0.29, 0.717) is 28.6 Å². The molecule has 1 atom stereocenters. The van der Waals surface area contributed by atoms with Crippen molar-refractivity contribution in [3.63, 3.8) is 0 Å². The van der Waals surface area contributed by atoms with Gasteiger partial charge in [-0.15, -0.1) is 5.10 Å². The van der Waals surface area contributed by atoms with E-state index >= 15 is 0 Å². The van der Waals surface area contributed by atoms with Gasteiger partial charge in [0, 0.05) is 32.6 Å². The van der Waals surface area contributed by atoms with Gasteiger partial charge in [-0.1, -0.05) is 102 Å². The monoisotopic (exact) mass is 733 g/mol. The van der Waals surface area contributed by atoms with E-state index in [4.69, 9.17) is 13.8 Å². The maximum absolute atomic E-state index is 14.6. The predicted molar refractivity (Wildman–Crippen MR) is 191 cm³/mol. The van der Waals surface area contributed by atoms with Crippen LogP contribution in [0.25, 0.3) is 22.2 Å². The number of alkyl halides is 2. The molecule has 10 nitrogen and oxygen atoms in total. The largest absolute Gasteiger partial charge is 0.496 e. The lowest BCUT2D eigenvalue weighted by Gasteiger charge is -2.36. The zero-order valence-corrected chi connectivity index (χ0v) is 29.7. The van der Waals surface area contributed by atoms with Gasteiger partial charge in [-0.3, -0.25) is 9.13 Å². The van der Waals surface area contributed by atoms with Gasteiger partial charge in [0.1, 0.15) is 16.6 Å². The number of methoxy groups -OCH3 is 1. The summed E-state index contributed by atoms with van der Waals surface area (Å²) < 4.78 is 71.8. The average molecular weight is 734 g/mol. The van der Waals surface area contributed by atoms with Crippen LogP contribution in [-0.2, 0) is 42.2 Å². The fourth-order valence-corrected chi connectivity index (χ4v) is 8.07. The number of halogens is 2. The Morgan fingerprint density at radius 3 is 1.86 bits per heavy atom. The van der Waals surface area contributed by atoms with E-state index in [9.17, 15) is 27.7 Å². The molecule has 1 unspecified atom stereocenters. The SMILES string of the molecule is COc1ccc(-c2ccc(CC(Cc3ccc(C(F)(F)P(=O)(O)O)cc3)(c3ccccc3)n3nnc4ccccc43)cc2)cc1P(=O)(OC)OC. The predicted octanol–water partition coefficient (Wildman–Crippen LogP) is 7.67. The highest BCUT2D eigenvalue weighted by molar-refractivity contribution is 7.62. The highest BCUT2D eigenvalue weighted by Crippen LogP contribution is 2.59. The molecule has 5 aromatic carbocycles. The summed E-state index contributed by atoms with van der Waals surface area (Å²) in [5.41, 5.74) is -0.603. The first-order valence-corrected chi connectivity index (χ1v) is 18.9. The highest BCUT2D eigenvalue weighted by atomic mass is 31.2. The minimum Gasteiger partial charge on any atom is -0.496 e. The van der Waals surface area contributed by atoms with Crippen molar-refractivity contribution >= 4 is 31.5 Å². The Hall–Kier alpha value is -4.54. The number of aromatic nitrogens is 3. The zero-order chi connectivity index (χ0) is 36.4. The second-order valence-electron chi connectivity index (χ2n) is 12.0. The molecule has 0 aliphatic carbocycles. The molecule has 1 heterocycles. The third-order valence-electron chi connectivity index (χ3n) is 8.97. The molecule has 0 amide bonds. The normalized spacial score (nSPS) is 13.6. The number of rotatable bonds is 13. The molecule has 6 aromatic rings. The molecule has 2 N–H and O–H groups in total. The molecule has 0 saturated heterocycles. The number of hydrogen-bond acceptors (Lipinski definition) is 7. The lowest BCUT2D eigenvalue weighted by atomic mass is 9.78. The van der Waals surface area contributed by atoms with Crippen molar-refractivity contribution in [3.8, 4) is 16.9 Å². The van der Waals surface area contributed by atoms with Crippen LogP contribution in [-0.4, -0.2) is 46.1 Å². The first-order valence-electron chi connectivity index (χ1n) is 15.7. The fraction of sp³-hybridized carbons (Fsp3) is 0.189. The van der Waals surface area contributed by atoms with Gasteiger partial charge in [0.05, 0.1) is 18.2 Å². The minimum absolute atomic E-state index is 0.263. The van der Waals surface area contributed by atoms with Gasteiger partial charge >= 0.3 is 20.9 Å². The van der Waals surface area contributed by atoms with Crippen LogP contribution in [0.1, 0.15) is 22.3 Å². The average Bonchev–Trinajstić information content (AvgIpc) is 3.59. The second kappa shape index (κ2) is 14.2. The summed E-state index contributed by atoms with van der Waals surface area (Å²) in [7, 11) is -5.26.